The molecule has 0 saturated carbocycles. The third-order valence-electron chi connectivity index (χ3n) is 4.40. The van der Waals surface area contributed by atoms with Gasteiger partial charge in [0.25, 0.3) is 0 Å². The van der Waals surface area contributed by atoms with Crippen LogP contribution in [0.5, 0.6) is 5.75 Å². The van der Waals surface area contributed by atoms with E-state index in [2.05, 4.69) is 0 Å². The predicted molar refractivity (Wildman–Crippen MR) is 96.2 cm³/mol. The lowest BCUT2D eigenvalue weighted by atomic mass is 9.89. The molecular weight excluding hydrogens is 336 g/mol. The number of carbonyl (C=O) groups excluding carboxylic acids is 1. The van der Waals surface area contributed by atoms with E-state index in [4.69, 9.17) is 4.74 Å². The van der Waals surface area contributed by atoms with Gasteiger partial charge in [-0.05, 0) is 36.8 Å². The van der Waals surface area contributed by atoms with Crippen molar-refractivity contribution in [3.63, 3.8) is 0 Å². The summed E-state index contributed by atoms with van der Waals surface area (Å²) in [6.45, 7) is 1.85. The molecule has 0 N–H and O–H groups in total. The lowest BCUT2D eigenvalue weighted by Gasteiger charge is -2.28. The molecule has 0 fully saturated rings. The number of sulfone groups is 1. The molecule has 1 aliphatic rings. The molecule has 130 valence electrons. The molecule has 25 heavy (non-hydrogen) atoms. The molecule has 0 radical (unpaired) electrons. The smallest absolute Gasteiger partial charge is 0.185 e. The van der Waals surface area contributed by atoms with Gasteiger partial charge in [0.2, 0.25) is 0 Å². The van der Waals surface area contributed by atoms with Crippen LogP contribution >= 0.6 is 0 Å². The van der Waals surface area contributed by atoms with Crippen LogP contribution in [0.2, 0.25) is 0 Å². The van der Waals surface area contributed by atoms with Crippen molar-refractivity contribution in [1.82, 2.24) is 0 Å². The van der Waals surface area contributed by atoms with E-state index in [9.17, 15) is 13.2 Å². The van der Waals surface area contributed by atoms with Gasteiger partial charge in [-0.15, -0.1) is 0 Å². The number of ether oxygens (including phenoxy) is 1. The van der Waals surface area contributed by atoms with Gasteiger partial charge in [-0.25, -0.2) is 8.42 Å². The van der Waals surface area contributed by atoms with Crippen molar-refractivity contribution < 1.29 is 17.9 Å². The van der Waals surface area contributed by atoms with Gasteiger partial charge in [0.15, 0.2) is 15.6 Å². The zero-order chi connectivity index (χ0) is 17.9. The van der Waals surface area contributed by atoms with Crippen LogP contribution < -0.4 is 4.74 Å². The summed E-state index contributed by atoms with van der Waals surface area (Å²) in [5, 5.41) is -0.767. The quantitative estimate of drug-likeness (QED) is 0.823. The first-order valence-electron chi connectivity index (χ1n) is 8.17. The van der Waals surface area contributed by atoms with Gasteiger partial charge < -0.3 is 4.74 Å². The van der Waals surface area contributed by atoms with E-state index >= 15 is 0 Å². The highest BCUT2D eigenvalue weighted by Crippen LogP contribution is 2.31. The molecule has 5 heteroatoms. The highest BCUT2D eigenvalue weighted by Gasteiger charge is 2.38. The fraction of sp³-hybridized carbons (Fsp3) is 0.250. The van der Waals surface area contributed by atoms with E-state index in [0.717, 1.165) is 0 Å². The van der Waals surface area contributed by atoms with Crippen molar-refractivity contribution in [3.05, 3.63) is 72.3 Å². The minimum atomic E-state index is -3.58. The number of rotatable bonds is 5. The molecule has 2 aromatic rings. The fourth-order valence-corrected chi connectivity index (χ4v) is 4.89. The predicted octanol–water partition coefficient (Wildman–Crippen LogP) is 3.44. The Bertz CT molecular complexity index is 870. The zero-order valence-electron chi connectivity index (χ0n) is 14.0. The Balaban J connectivity index is 1.89. The minimum absolute atomic E-state index is 0.0267. The van der Waals surface area contributed by atoms with Crippen molar-refractivity contribution in [3.8, 4) is 5.75 Å². The maximum Gasteiger partial charge on any atom is 0.185 e. The van der Waals surface area contributed by atoms with Gasteiger partial charge in [0.05, 0.1) is 16.8 Å². The summed E-state index contributed by atoms with van der Waals surface area (Å²) in [4.78, 5) is 12.4. The largest absolute Gasteiger partial charge is 0.493 e. The lowest BCUT2D eigenvalue weighted by molar-refractivity contribution is -0.117. The topological polar surface area (TPSA) is 60.4 Å². The average Bonchev–Trinajstić information content (AvgIpc) is 2.64. The standard InChI is InChI=1S/C20H20O4S/c1-15-12-20(25(22,23)18-10-6-3-7-11-18)16(13-19(15)21)14-24-17-8-4-2-5-9-17/h2-12,16,20H,13-14H2,1H3/t16-,20+/m0/s1. The fourth-order valence-electron chi connectivity index (χ4n) is 2.97. The number of hydrogen-bond donors (Lipinski definition) is 0. The van der Waals surface area contributed by atoms with Gasteiger partial charge in [-0.1, -0.05) is 42.5 Å². The van der Waals surface area contributed by atoms with Gasteiger partial charge in [-0.2, -0.15) is 0 Å². The summed E-state index contributed by atoms with van der Waals surface area (Å²) < 4.78 is 31.8. The summed E-state index contributed by atoms with van der Waals surface area (Å²) in [5.74, 6) is 0.222. The molecule has 0 heterocycles. The van der Waals surface area contributed by atoms with Crippen LogP contribution in [0.3, 0.4) is 0 Å². The highest BCUT2D eigenvalue weighted by molar-refractivity contribution is 7.92. The first-order valence-corrected chi connectivity index (χ1v) is 9.71. The van der Waals surface area contributed by atoms with Crippen LogP contribution in [-0.2, 0) is 14.6 Å². The molecule has 2 atom stereocenters. The SMILES string of the molecule is CC1=C[C@@H](S(=O)(=O)c2ccccc2)[C@H](COc2ccccc2)CC1=O. The van der Waals surface area contributed by atoms with Crippen molar-refractivity contribution in [2.75, 3.05) is 6.61 Å². The Labute approximate surface area is 148 Å². The van der Waals surface area contributed by atoms with E-state index in [-0.39, 0.29) is 23.7 Å². The van der Waals surface area contributed by atoms with Gasteiger partial charge in [-0.3, -0.25) is 4.79 Å². The Hall–Kier alpha value is -2.40. The molecular formula is C20H20O4S. The zero-order valence-corrected chi connectivity index (χ0v) is 14.8. The summed E-state index contributed by atoms with van der Waals surface area (Å²) in [6.07, 6.45) is 1.75. The average molecular weight is 356 g/mol. The van der Waals surface area contributed by atoms with Crippen LogP contribution in [0, 0.1) is 5.92 Å². The van der Waals surface area contributed by atoms with Crippen molar-refractivity contribution in [2.45, 2.75) is 23.5 Å². The van der Waals surface area contributed by atoms with Crippen molar-refractivity contribution in [1.29, 1.82) is 0 Å². The third-order valence-corrected chi connectivity index (χ3v) is 6.57. The molecule has 0 saturated heterocycles. The number of carbonyl (C=O) groups is 1. The van der Waals surface area contributed by atoms with E-state index in [0.29, 0.717) is 11.3 Å². The van der Waals surface area contributed by atoms with Gasteiger partial charge >= 0.3 is 0 Å². The normalized spacial score (nSPS) is 20.8. The van der Waals surface area contributed by atoms with E-state index in [1.54, 1.807) is 43.3 Å². The Morgan fingerprint density at radius 1 is 1.00 bits per heavy atom. The number of hydrogen-bond acceptors (Lipinski definition) is 4. The van der Waals surface area contributed by atoms with E-state index < -0.39 is 21.0 Å². The monoisotopic (exact) mass is 356 g/mol. The van der Waals surface area contributed by atoms with Crippen LogP contribution in [0.1, 0.15) is 13.3 Å². The second kappa shape index (κ2) is 7.23. The van der Waals surface area contributed by atoms with E-state index in [1.165, 1.54) is 0 Å². The molecule has 1 aliphatic carbocycles. The molecule has 0 amide bonds. The first-order chi connectivity index (χ1) is 12.0. The van der Waals surface area contributed by atoms with Gasteiger partial charge in [0, 0.05) is 12.3 Å². The van der Waals surface area contributed by atoms with Crippen LogP contribution in [0.25, 0.3) is 0 Å². The van der Waals surface area contributed by atoms with Crippen LogP contribution in [-0.4, -0.2) is 26.1 Å². The molecule has 0 aromatic heterocycles. The number of allylic oxidation sites excluding steroid dienone is 1. The maximum absolute atomic E-state index is 13.0. The van der Waals surface area contributed by atoms with Crippen LogP contribution in [0.4, 0.5) is 0 Å². The second-order valence-corrected chi connectivity index (χ2v) is 8.29. The highest BCUT2D eigenvalue weighted by atomic mass is 32.2. The second-order valence-electron chi connectivity index (χ2n) is 6.18. The third kappa shape index (κ3) is 3.82. The molecule has 0 spiro atoms. The Kier molecular flexibility index (Phi) is 5.04. The number of benzene rings is 2. The number of Topliss-reactive ketones (excluding diaryl/α,β-unsaturated/α-hetero) is 1. The molecule has 0 aliphatic heterocycles. The maximum atomic E-state index is 13.0. The molecule has 2 aromatic carbocycles. The summed E-state index contributed by atoms with van der Waals surface area (Å²) >= 11 is 0. The minimum Gasteiger partial charge on any atom is -0.493 e. The lowest BCUT2D eigenvalue weighted by Crippen LogP contribution is -2.37. The summed E-state index contributed by atoms with van der Waals surface area (Å²) in [7, 11) is -3.58. The summed E-state index contributed by atoms with van der Waals surface area (Å²) in [5.41, 5.74) is 0.500. The molecule has 0 bridgehead atoms. The summed E-state index contributed by atoms with van der Waals surface area (Å²) in [6, 6.07) is 17.6. The molecule has 4 nitrogen and oxygen atoms in total. The Morgan fingerprint density at radius 3 is 2.24 bits per heavy atom. The number of ketones is 1. The van der Waals surface area contributed by atoms with Crippen molar-refractivity contribution in [2.24, 2.45) is 5.92 Å². The molecule has 3 rings (SSSR count). The number of para-hydroxylation sites is 1. The first kappa shape index (κ1) is 17.4. The van der Waals surface area contributed by atoms with Crippen molar-refractivity contribution >= 4 is 15.6 Å². The van der Waals surface area contributed by atoms with Gasteiger partial charge in [0.1, 0.15) is 5.75 Å². The van der Waals surface area contributed by atoms with E-state index in [1.807, 2.05) is 30.3 Å². The Morgan fingerprint density at radius 2 is 1.60 bits per heavy atom. The molecule has 0 unspecified atom stereocenters. The van der Waals surface area contributed by atoms with Crippen LogP contribution in [0.15, 0.2) is 77.2 Å².